The van der Waals surface area contributed by atoms with Crippen molar-refractivity contribution in [1.29, 1.82) is 0 Å². The molecule has 206 valence electrons. The Morgan fingerprint density at radius 2 is 1.32 bits per heavy atom. The molecule has 0 saturated heterocycles. The summed E-state index contributed by atoms with van der Waals surface area (Å²) in [5, 5.41) is 10.9. The Morgan fingerprint density at radius 3 is 1.86 bits per heavy atom. The van der Waals surface area contributed by atoms with Crippen LogP contribution in [0.1, 0.15) is 101 Å². The first-order valence-corrected chi connectivity index (χ1v) is 15.3. The number of carbonyl (C=O) groups is 1. The van der Waals surface area contributed by atoms with Crippen LogP contribution in [-0.4, -0.2) is 32.1 Å². The highest BCUT2D eigenvalue weighted by atomic mass is 32.2. The molecule has 2 atom stereocenters. The number of aryl methyl sites for hydroxylation is 1. The van der Waals surface area contributed by atoms with E-state index in [0.717, 1.165) is 18.4 Å². The maximum atomic E-state index is 13.0. The third-order valence-electron chi connectivity index (χ3n) is 6.57. The smallest absolute Gasteiger partial charge is 0.327 e. The number of aliphatic hydroxyl groups excluding tert-OH is 1. The summed E-state index contributed by atoms with van der Waals surface area (Å²) in [7, 11) is -4.04. The van der Waals surface area contributed by atoms with Gasteiger partial charge in [-0.15, -0.1) is 0 Å². The van der Waals surface area contributed by atoms with Gasteiger partial charge in [0.15, 0.2) is 0 Å². The number of benzene rings is 2. The van der Waals surface area contributed by atoms with Crippen molar-refractivity contribution in [2.75, 3.05) is 6.61 Å². The molecule has 0 aliphatic carbocycles. The van der Waals surface area contributed by atoms with Crippen molar-refractivity contribution in [3.8, 4) is 0 Å². The van der Waals surface area contributed by atoms with Crippen LogP contribution in [0.3, 0.4) is 0 Å². The number of ether oxygens (including phenoxy) is 1. The van der Waals surface area contributed by atoms with Crippen LogP contribution >= 0.6 is 0 Å². The number of nitrogens with one attached hydrogen (secondary N) is 1. The molecular formula is C30H45NO5S. The molecule has 0 heterocycles. The van der Waals surface area contributed by atoms with Crippen molar-refractivity contribution < 1.29 is 23.1 Å². The van der Waals surface area contributed by atoms with Gasteiger partial charge in [-0.25, -0.2) is 8.42 Å². The Hall–Kier alpha value is -2.22. The topological polar surface area (TPSA) is 92.7 Å². The highest BCUT2D eigenvalue weighted by molar-refractivity contribution is 7.89. The van der Waals surface area contributed by atoms with E-state index in [2.05, 4.69) is 11.6 Å². The number of unbranched alkanes of at least 4 members (excludes halogenated alkanes) is 11. The SMILES string of the molecule is CCCCCCCCCCCCCCOC(=O)C(NS(=O)(=O)c1ccc(C)cc1)C(O)c1ccccc1. The summed E-state index contributed by atoms with van der Waals surface area (Å²) in [6.45, 7) is 4.29. The highest BCUT2D eigenvalue weighted by Crippen LogP contribution is 2.21. The molecule has 2 aromatic rings. The van der Waals surface area contributed by atoms with Crippen LogP contribution in [0.4, 0.5) is 0 Å². The number of esters is 1. The van der Waals surface area contributed by atoms with Crippen LogP contribution in [0.25, 0.3) is 0 Å². The average Bonchev–Trinajstić information content (AvgIpc) is 2.90. The van der Waals surface area contributed by atoms with E-state index in [1.54, 1.807) is 42.5 Å². The molecule has 0 spiro atoms. The molecule has 37 heavy (non-hydrogen) atoms. The first-order chi connectivity index (χ1) is 17.8. The lowest BCUT2D eigenvalue weighted by Gasteiger charge is -2.23. The van der Waals surface area contributed by atoms with E-state index in [9.17, 15) is 18.3 Å². The molecule has 0 fully saturated rings. The van der Waals surface area contributed by atoms with Crippen LogP contribution in [0.15, 0.2) is 59.5 Å². The first kappa shape index (κ1) is 31.0. The Kier molecular flexibility index (Phi) is 14.5. The molecular weight excluding hydrogens is 486 g/mol. The van der Waals surface area contributed by atoms with Crippen molar-refractivity contribution in [3.63, 3.8) is 0 Å². The molecule has 0 bridgehead atoms. The lowest BCUT2D eigenvalue weighted by Crippen LogP contribution is -2.46. The molecule has 2 unspecified atom stereocenters. The summed E-state index contributed by atoms with van der Waals surface area (Å²) in [6.07, 6.45) is 13.0. The zero-order valence-electron chi connectivity index (χ0n) is 22.5. The van der Waals surface area contributed by atoms with E-state index in [1.165, 1.54) is 69.9 Å². The number of hydrogen-bond donors (Lipinski definition) is 2. The number of aliphatic hydroxyl groups is 1. The summed E-state index contributed by atoms with van der Waals surface area (Å²) < 4.78 is 33.7. The van der Waals surface area contributed by atoms with Crippen LogP contribution in [0.5, 0.6) is 0 Å². The maximum Gasteiger partial charge on any atom is 0.327 e. The normalized spacial score (nSPS) is 13.3. The number of hydrogen-bond acceptors (Lipinski definition) is 5. The van der Waals surface area contributed by atoms with E-state index >= 15 is 0 Å². The molecule has 2 aromatic carbocycles. The van der Waals surface area contributed by atoms with Crippen LogP contribution in [0, 0.1) is 6.92 Å². The lowest BCUT2D eigenvalue weighted by molar-refractivity contribution is -0.148. The molecule has 0 saturated carbocycles. The largest absolute Gasteiger partial charge is 0.464 e. The van der Waals surface area contributed by atoms with Gasteiger partial charge in [-0.3, -0.25) is 4.79 Å². The van der Waals surface area contributed by atoms with Gasteiger partial charge in [-0.1, -0.05) is 126 Å². The van der Waals surface area contributed by atoms with Crippen molar-refractivity contribution >= 4 is 16.0 Å². The van der Waals surface area contributed by atoms with Gasteiger partial charge < -0.3 is 9.84 Å². The molecule has 2 N–H and O–H groups in total. The molecule has 0 aromatic heterocycles. The Morgan fingerprint density at radius 1 is 0.811 bits per heavy atom. The fourth-order valence-electron chi connectivity index (χ4n) is 4.24. The van der Waals surface area contributed by atoms with Gasteiger partial charge in [0.1, 0.15) is 12.1 Å². The fraction of sp³-hybridized carbons (Fsp3) is 0.567. The minimum atomic E-state index is -4.04. The average molecular weight is 532 g/mol. The third kappa shape index (κ3) is 11.8. The van der Waals surface area contributed by atoms with Gasteiger partial charge in [0, 0.05) is 0 Å². The molecule has 0 amide bonds. The standard InChI is InChI=1S/C30H45NO5S/c1-3-4-5-6-7-8-9-10-11-12-13-17-24-36-30(33)28(29(32)26-18-15-14-16-19-26)31-37(34,35)27-22-20-25(2)21-23-27/h14-16,18-23,28-29,31-32H,3-13,17,24H2,1-2H3. The van der Waals surface area contributed by atoms with Crippen molar-refractivity contribution in [2.24, 2.45) is 0 Å². The van der Waals surface area contributed by atoms with Crippen LogP contribution in [-0.2, 0) is 19.6 Å². The van der Waals surface area contributed by atoms with Crippen molar-refractivity contribution in [1.82, 2.24) is 4.72 Å². The minimum Gasteiger partial charge on any atom is -0.464 e. The van der Waals surface area contributed by atoms with E-state index in [-0.39, 0.29) is 11.5 Å². The predicted molar refractivity (Wildman–Crippen MR) is 149 cm³/mol. The maximum absolute atomic E-state index is 13.0. The molecule has 0 aliphatic rings. The second kappa shape index (κ2) is 17.3. The van der Waals surface area contributed by atoms with Crippen LogP contribution in [0.2, 0.25) is 0 Å². The summed E-state index contributed by atoms with van der Waals surface area (Å²) in [6, 6.07) is 13.4. The second-order valence-electron chi connectivity index (χ2n) is 9.82. The van der Waals surface area contributed by atoms with Crippen molar-refractivity contribution in [3.05, 3.63) is 65.7 Å². The zero-order chi connectivity index (χ0) is 26.9. The zero-order valence-corrected chi connectivity index (χ0v) is 23.3. The Labute approximate surface area is 223 Å². The molecule has 7 heteroatoms. The summed E-state index contributed by atoms with van der Waals surface area (Å²) in [4.78, 5) is 12.9. The Balaban J connectivity index is 1.81. The first-order valence-electron chi connectivity index (χ1n) is 13.8. The van der Waals surface area contributed by atoms with E-state index < -0.39 is 28.1 Å². The van der Waals surface area contributed by atoms with E-state index in [1.807, 2.05) is 6.92 Å². The number of rotatable bonds is 19. The monoisotopic (exact) mass is 531 g/mol. The predicted octanol–water partition coefficient (Wildman–Crippen LogP) is 6.62. The van der Waals surface area contributed by atoms with Gasteiger partial charge in [0.05, 0.1) is 11.5 Å². The lowest BCUT2D eigenvalue weighted by atomic mass is 10.0. The van der Waals surface area contributed by atoms with Gasteiger partial charge in [-0.2, -0.15) is 4.72 Å². The molecule has 0 aliphatic heterocycles. The summed E-state index contributed by atoms with van der Waals surface area (Å²) >= 11 is 0. The van der Waals surface area contributed by atoms with Gasteiger partial charge >= 0.3 is 5.97 Å². The fourth-order valence-corrected chi connectivity index (χ4v) is 5.43. The second-order valence-corrected chi connectivity index (χ2v) is 11.5. The molecule has 0 radical (unpaired) electrons. The summed E-state index contributed by atoms with van der Waals surface area (Å²) in [5.41, 5.74) is 1.35. The van der Waals surface area contributed by atoms with E-state index in [0.29, 0.717) is 12.0 Å². The molecule has 6 nitrogen and oxygen atoms in total. The summed E-state index contributed by atoms with van der Waals surface area (Å²) in [5.74, 6) is -0.782. The van der Waals surface area contributed by atoms with E-state index in [4.69, 9.17) is 4.74 Å². The van der Waals surface area contributed by atoms with Crippen molar-refractivity contribution in [2.45, 2.75) is 108 Å². The highest BCUT2D eigenvalue weighted by Gasteiger charge is 2.34. The van der Waals surface area contributed by atoms with Gasteiger partial charge in [-0.05, 0) is 31.0 Å². The van der Waals surface area contributed by atoms with Gasteiger partial charge in [0.2, 0.25) is 10.0 Å². The molecule has 2 rings (SSSR count). The number of carbonyl (C=O) groups excluding carboxylic acids is 1. The van der Waals surface area contributed by atoms with Crippen LogP contribution < -0.4 is 4.72 Å². The Bertz CT molecular complexity index is 992. The quantitative estimate of drug-likeness (QED) is 0.157. The number of sulfonamides is 1. The minimum absolute atomic E-state index is 0.0251. The van der Waals surface area contributed by atoms with Gasteiger partial charge in [0.25, 0.3) is 0 Å². The third-order valence-corrected chi connectivity index (χ3v) is 8.02.